The van der Waals surface area contributed by atoms with Gasteiger partial charge in [0.1, 0.15) is 6.04 Å². The third-order valence-corrected chi connectivity index (χ3v) is 3.46. The zero-order valence-electron chi connectivity index (χ0n) is 13.2. The van der Waals surface area contributed by atoms with Crippen LogP contribution in [-0.4, -0.2) is 30.0 Å². The molecule has 0 bridgehead atoms. The van der Waals surface area contributed by atoms with Crippen LogP contribution in [0.25, 0.3) is 10.9 Å². The van der Waals surface area contributed by atoms with Crippen LogP contribution in [0.1, 0.15) is 31.1 Å². The van der Waals surface area contributed by atoms with Crippen LogP contribution in [0.15, 0.2) is 36.5 Å². The molecule has 22 heavy (non-hydrogen) atoms. The molecule has 2 rings (SSSR count). The number of esters is 1. The Morgan fingerprint density at radius 2 is 1.86 bits per heavy atom. The van der Waals surface area contributed by atoms with Gasteiger partial charge in [0, 0.05) is 11.6 Å². The number of nitrogens with zero attached hydrogens (tertiary/aromatic N) is 1. The van der Waals surface area contributed by atoms with E-state index < -0.39 is 17.4 Å². The largest absolute Gasteiger partial charge is 0.467 e. The first-order valence-electron chi connectivity index (χ1n) is 7.07. The molecule has 0 fully saturated rings. The zero-order chi connectivity index (χ0) is 16.3. The van der Waals surface area contributed by atoms with Gasteiger partial charge in [-0.05, 0) is 17.5 Å². The summed E-state index contributed by atoms with van der Waals surface area (Å²) in [6.07, 6.45) is 1.64. The van der Waals surface area contributed by atoms with Crippen molar-refractivity contribution < 1.29 is 14.3 Å². The highest BCUT2D eigenvalue weighted by Gasteiger charge is 2.34. The molecule has 1 heterocycles. The molecule has 1 aromatic carbocycles. The number of para-hydroxylation sites is 1. The standard InChI is InChI=1S/C17H20N2O3/c1-17(2,3)14(16(21)22-4)19-15(20)12-9-5-7-11-8-6-10-18-13(11)12/h5-10,14H,1-4H3,(H,19,20). The van der Waals surface area contributed by atoms with Gasteiger partial charge in [-0.15, -0.1) is 0 Å². The molecule has 0 aliphatic carbocycles. The molecule has 1 atom stereocenters. The molecule has 1 N–H and O–H groups in total. The summed E-state index contributed by atoms with van der Waals surface area (Å²) in [5.74, 6) is -0.802. The number of carbonyl (C=O) groups excluding carboxylic acids is 2. The number of rotatable bonds is 3. The van der Waals surface area contributed by atoms with Crippen molar-refractivity contribution in [3.63, 3.8) is 0 Å². The third-order valence-electron chi connectivity index (χ3n) is 3.46. The normalized spacial score (nSPS) is 12.7. The number of nitrogens with one attached hydrogen (secondary N) is 1. The van der Waals surface area contributed by atoms with Crippen molar-refractivity contribution in [1.82, 2.24) is 10.3 Å². The van der Waals surface area contributed by atoms with Crippen LogP contribution in [0, 0.1) is 5.41 Å². The number of fused-ring (bicyclic) bond motifs is 1. The summed E-state index contributed by atoms with van der Waals surface area (Å²) in [5.41, 5.74) is 0.595. The van der Waals surface area contributed by atoms with Crippen LogP contribution in [-0.2, 0) is 9.53 Å². The molecule has 0 saturated heterocycles. The van der Waals surface area contributed by atoms with Crippen molar-refractivity contribution in [3.05, 3.63) is 42.1 Å². The number of methoxy groups -OCH3 is 1. The summed E-state index contributed by atoms with van der Waals surface area (Å²) >= 11 is 0. The number of ether oxygens (including phenoxy) is 1. The Morgan fingerprint density at radius 1 is 1.18 bits per heavy atom. The Morgan fingerprint density at radius 3 is 2.50 bits per heavy atom. The lowest BCUT2D eigenvalue weighted by Crippen LogP contribution is -2.49. The third kappa shape index (κ3) is 3.24. The number of benzene rings is 1. The van der Waals surface area contributed by atoms with E-state index in [-0.39, 0.29) is 5.91 Å². The fourth-order valence-corrected chi connectivity index (χ4v) is 2.24. The molecule has 0 saturated carbocycles. The molecule has 0 radical (unpaired) electrons. The van der Waals surface area contributed by atoms with E-state index in [9.17, 15) is 9.59 Å². The van der Waals surface area contributed by atoms with E-state index in [1.54, 1.807) is 18.3 Å². The molecule has 5 heteroatoms. The molecular formula is C17H20N2O3. The van der Waals surface area contributed by atoms with Crippen LogP contribution in [0.2, 0.25) is 0 Å². The summed E-state index contributed by atoms with van der Waals surface area (Å²) in [4.78, 5) is 28.8. The molecular weight excluding hydrogens is 280 g/mol. The number of hydrogen-bond donors (Lipinski definition) is 1. The minimum Gasteiger partial charge on any atom is -0.467 e. The van der Waals surface area contributed by atoms with Crippen molar-refractivity contribution in [3.8, 4) is 0 Å². The van der Waals surface area contributed by atoms with Crippen molar-refractivity contribution >= 4 is 22.8 Å². The van der Waals surface area contributed by atoms with Crippen LogP contribution in [0.3, 0.4) is 0 Å². The van der Waals surface area contributed by atoms with Crippen molar-refractivity contribution in [2.24, 2.45) is 5.41 Å². The number of amides is 1. The van der Waals surface area contributed by atoms with Gasteiger partial charge in [-0.25, -0.2) is 4.79 Å². The highest BCUT2D eigenvalue weighted by Crippen LogP contribution is 2.22. The van der Waals surface area contributed by atoms with Gasteiger partial charge >= 0.3 is 5.97 Å². The minimum atomic E-state index is -0.732. The average Bonchev–Trinajstić information content (AvgIpc) is 2.50. The fraction of sp³-hybridized carbons (Fsp3) is 0.353. The maximum atomic E-state index is 12.6. The van der Waals surface area contributed by atoms with E-state index in [0.717, 1.165) is 5.39 Å². The van der Waals surface area contributed by atoms with Gasteiger partial charge in [0.2, 0.25) is 0 Å². The Bertz CT molecular complexity index is 699. The highest BCUT2D eigenvalue weighted by atomic mass is 16.5. The Labute approximate surface area is 129 Å². The van der Waals surface area contributed by atoms with E-state index >= 15 is 0 Å². The van der Waals surface area contributed by atoms with Crippen LogP contribution in [0.5, 0.6) is 0 Å². The number of hydrogen-bond acceptors (Lipinski definition) is 4. The van der Waals surface area contributed by atoms with Crippen LogP contribution >= 0.6 is 0 Å². The topological polar surface area (TPSA) is 68.3 Å². The lowest BCUT2D eigenvalue weighted by atomic mass is 9.86. The van der Waals surface area contributed by atoms with E-state index in [1.807, 2.05) is 39.0 Å². The SMILES string of the molecule is COC(=O)C(NC(=O)c1cccc2cccnc12)C(C)(C)C. The van der Waals surface area contributed by atoms with E-state index in [0.29, 0.717) is 11.1 Å². The second kappa shape index (κ2) is 6.13. The fourth-order valence-electron chi connectivity index (χ4n) is 2.24. The molecule has 0 spiro atoms. The Hall–Kier alpha value is -2.43. The molecule has 1 unspecified atom stereocenters. The molecule has 1 amide bonds. The smallest absolute Gasteiger partial charge is 0.328 e. The molecule has 5 nitrogen and oxygen atoms in total. The first kappa shape index (κ1) is 15.9. The number of pyridine rings is 1. The van der Waals surface area contributed by atoms with Crippen molar-refractivity contribution in [2.45, 2.75) is 26.8 Å². The second-order valence-electron chi connectivity index (χ2n) is 6.18. The lowest BCUT2D eigenvalue weighted by Gasteiger charge is -2.29. The predicted molar refractivity (Wildman–Crippen MR) is 84.5 cm³/mol. The summed E-state index contributed by atoms with van der Waals surface area (Å²) in [7, 11) is 1.31. The monoisotopic (exact) mass is 300 g/mol. The van der Waals surface area contributed by atoms with Gasteiger partial charge in [-0.1, -0.05) is 39.0 Å². The molecule has 2 aromatic rings. The summed E-state index contributed by atoms with van der Waals surface area (Å²) in [6, 6.07) is 8.35. The summed E-state index contributed by atoms with van der Waals surface area (Å²) in [6.45, 7) is 5.61. The van der Waals surface area contributed by atoms with Gasteiger partial charge < -0.3 is 10.1 Å². The summed E-state index contributed by atoms with van der Waals surface area (Å²) in [5, 5.41) is 3.64. The first-order valence-corrected chi connectivity index (χ1v) is 7.07. The molecule has 116 valence electrons. The van der Waals surface area contributed by atoms with Gasteiger partial charge in [0.05, 0.1) is 18.2 Å². The number of carbonyl (C=O) groups is 2. The van der Waals surface area contributed by atoms with E-state index in [2.05, 4.69) is 10.3 Å². The van der Waals surface area contributed by atoms with E-state index in [4.69, 9.17) is 4.74 Å². The van der Waals surface area contributed by atoms with Crippen LogP contribution in [0.4, 0.5) is 0 Å². The summed E-state index contributed by atoms with van der Waals surface area (Å²) < 4.78 is 4.79. The average molecular weight is 300 g/mol. The molecule has 0 aliphatic heterocycles. The molecule has 0 aliphatic rings. The Kier molecular flexibility index (Phi) is 4.45. The maximum Gasteiger partial charge on any atom is 0.328 e. The van der Waals surface area contributed by atoms with Crippen LogP contribution < -0.4 is 5.32 Å². The maximum absolute atomic E-state index is 12.6. The number of aromatic nitrogens is 1. The van der Waals surface area contributed by atoms with Crippen molar-refractivity contribution in [1.29, 1.82) is 0 Å². The van der Waals surface area contributed by atoms with E-state index in [1.165, 1.54) is 7.11 Å². The Balaban J connectivity index is 2.36. The van der Waals surface area contributed by atoms with Crippen molar-refractivity contribution in [2.75, 3.05) is 7.11 Å². The highest BCUT2D eigenvalue weighted by molar-refractivity contribution is 6.06. The second-order valence-corrected chi connectivity index (χ2v) is 6.18. The van der Waals surface area contributed by atoms with Gasteiger partial charge in [-0.3, -0.25) is 9.78 Å². The quantitative estimate of drug-likeness (QED) is 0.885. The van der Waals surface area contributed by atoms with Gasteiger partial charge in [0.15, 0.2) is 0 Å². The van der Waals surface area contributed by atoms with Gasteiger partial charge in [0.25, 0.3) is 5.91 Å². The predicted octanol–water partition coefficient (Wildman–Crippen LogP) is 2.55. The zero-order valence-corrected chi connectivity index (χ0v) is 13.2. The molecule has 1 aromatic heterocycles. The lowest BCUT2D eigenvalue weighted by molar-refractivity contribution is -0.145. The van der Waals surface area contributed by atoms with Gasteiger partial charge in [-0.2, -0.15) is 0 Å². The minimum absolute atomic E-state index is 0.338. The first-order chi connectivity index (χ1) is 10.3.